The average Bonchev–Trinajstić information content (AvgIpc) is 2.25. The Morgan fingerprint density at radius 3 is 2.28 bits per heavy atom. The minimum absolute atomic E-state index is 0.0430. The number of sulfonamides is 1. The van der Waals surface area contributed by atoms with Crippen molar-refractivity contribution in [2.45, 2.75) is 25.9 Å². The summed E-state index contributed by atoms with van der Waals surface area (Å²) in [5.74, 6) is -0.225. The molecule has 0 aromatic carbocycles. The normalized spacial score (nSPS) is 19.4. The first-order valence-corrected chi connectivity index (χ1v) is 7.61. The topological polar surface area (TPSA) is 49.4 Å². The van der Waals surface area contributed by atoms with Crippen molar-refractivity contribution in [1.82, 2.24) is 9.62 Å². The summed E-state index contributed by atoms with van der Waals surface area (Å²) >= 11 is 0. The quantitative estimate of drug-likeness (QED) is 0.827. The Labute approximate surface area is 106 Å². The highest BCUT2D eigenvalue weighted by molar-refractivity contribution is 7.89. The van der Waals surface area contributed by atoms with Crippen molar-refractivity contribution in [2.24, 2.45) is 5.92 Å². The molecular weight excluding hydrogens is 269 g/mol. The van der Waals surface area contributed by atoms with Crippen molar-refractivity contribution in [3.05, 3.63) is 0 Å². The van der Waals surface area contributed by atoms with E-state index in [4.69, 9.17) is 0 Å². The lowest BCUT2D eigenvalue weighted by Crippen LogP contribution is -2.42. The summed E-state index contributed by atoms with van der Waals surface area (Å²) in [6.45, 7) is 1.34. The van der Waals surface area contributed by atoms with Crippen LogP contribution in [0, 0.1) is 5.92 Å². The van der Waals surface area contributed by atoms with Crippen LogP contribution < -0.4 is 5.32 Å². The van der Waals surface area contributed by atoms with Gasteiger partial charge in [0.15, 0.2) is 0 Å². The molecule has 0 spiro atoms. The zero-order chi connectivity index (χ0) is 13.8. The van der Waals surface area contributed by atoms with Crippen LogP contribution in [0.15, 0.2) is 0 Å². The molecule has 0 aliphatic carbocycles. The Morgan fingerprint density at radius 2 is 1.83 bits per heavy atom. The van der Waals surface area contributed by atoms with Crippen LogP contribution >= 0.6 is 0 Å². The van der Waals surface area contributed by atoms with Gasteiger partial charge in [0.25, 0.3) is 0 Å². The third kappa shape index (κ3) is 5.11. The van der Waals surface area contributed by atoms with Gasteiger partial charge in [-0.2, -0.15) is 17.5 Å². The Morgan fingerprint density at radius 1 is 1.28 bits per heavy atom. The average molecular weight is 288 g/mol. The Bertz CT molecular complexity index is 351. The summed E-state index contributed by atoms with van der Waals surface area (Å²) in [6, 6.07) is 0. The molecule has 0 aromatic rings. The van der Waals surface area contributed by atoms with Crippen molar-refractivity contribution in [3.8, 4) is 0 Å². The maximum absolute atomic E-state index is 12.3. The van der Waals surface area contributed by atoms with E-state index in [1.54, 1.807) is 0 Å². The summed E-state index contributed by atoms with van der Waals surface area (Å²) in [7, 11) is -3.82. The van der Waals surface area contributed by atoms with Crippen LogP contribution in [0.1, 0.15) is 19.8 Å². The van der Waals surface area contributed by atoms with Crippen LogP contribution in [0.3, 0.4) is 0 Å². The van der Waals surface area contributed by atoms with Gasteiger partial charge in [-0.25, -0.2) is 8.42 Å². The number of piperidine rings is 1. The molecule has 1 aliphatic rings. The summed E-state index contributed by atoms with van der Waals surface area (Å²) in [6.07, 6.45) is -3.09. The third-order valence-electron chi connectivity index (χ3n) is 3.01. The second-order valence-corrected chi connectivity index (χ2v) is 6.53. The molecule has 0 atom stereocenters. The predicted octanol–water partition coefficient (Wildman–Crippen LogP) is 1.20. The fraction of sp³-hybridized carbons (Fsp3) is 1.00. The Balaban J connectivity index is 2.64. The van der Waals surface area contributed by atoms with E-state index in [0.717, 1.165) is 13.1 Å². The molecule has 108 valence electrons. The fourth-order valence-corrected chi connectivity index (χ4v) is 3.93. The monoisotopic (exact) mass is 288 g/mol. The summed E-state index contributed by atoms with van der Waals surface area (Å²) in [5, 5.41) is 3.09. The number of halogens is 3. The first-order valence-electron chi connectivity index (χ1n) is 6.00. The van der Waals surface area contributed by atoms with Crippen molar-refractivity contribution in [3.63, 3.8) is 0 Å². The maximum Gasteiger partial charge on any atom is 0.402 e. The zero-order valence-corrected chi connectivity index (χ0v) is 11.1. The first kappa shape index (κ1) is 15.7. The number of hydrogen-bond acceptors (Lipinski definition) is 3. The van der Waals surface area contributed by atoms with Gasteiger partial charge in [-0.1, -0.05) is 6.92 Å². The van der Waals surface area contributed by atoms with Gasteiger partial charge in [0.1, 0.15) is 6.54 Å². The van der Waals surface area contributed by atoms with Gasteiger partial charge < -0.3 is 5.32 Å². The molecule has 1 aliphatic heterocycles. The van der Waals surface area contributed by atoms with Crippen LogP contribution in [0.25, 0.3) is 0 Å². The fourth-order valence-electron chi connectivity index (χ4n) is 2.06. The number of nitrogens with one attached hydrogen (secondary N) is 1. The standard InChI is InChI=1S/C10H19F3N2O2S/c1-2-15(8-10(11,12)13)18(16,17)7-9-3-5-14-6-4-9/h9,14H,2-8H2,1H3. The van der Waals surface area contributed by atoms with Gasteiger partial charge in [0.2, 0.25) is 10.0 Å². The van der Waals surface area contributed by atoms with Crippen LogP contribution in [0.4, 0.5) is 13.2 Å². The van der Waals surface area contributed by atoms with E-state index in [-0.39, 0.29) is 18.2 Å². The van der Waals surface area contributed by atoms with E-state index in [9.17, 15) is 21.6 Å². The van der Waals surface area contributed by atoms with Gasteiger partial charge in [0.05, 0.1) is 5.75 Å². The lowest BCUT2D eigenvalue weighted by atomic mass is 10.0. The molecular formula is C10H19F3N2O2S. The van der Waals surface area contributed by atoms with Crippen molar-refractivity contribution in [2.75, 3.05) is 31.9 Å². The molecule has 1 saturated heterocycles. The van der Waals surface area contributed by atoms with Crippen LogP contribution in [-0.2, 0) is 10.0 Å². The van der Waals surface area contributed by atoms with E-state index < -0.39 is 22.7 Å². The minimum Gasteiger partial charge on any atom is -0.317 e. The molecule has 18 heavy (non-hydrogen) atoms. The molecule has 0 saturated carbocycles. The third-order valence-corrected chi connectivity index (χ3v) is 5.07. The lowest BCUT2D eigenvalue weighted by Gasteiger charge is -2.27. The van der Waals surface area contributed by atoms with Crippen molar-refractivity contribution >= 4 is 10.0 Å². The molecule has 0 amide bonds. The molecule has 0 bridgehead atoms. The summed E-state index contributed by atoms with van der Waals surface area (Å²) in [4.78, 5) is 0. The lowest BCUT2D eigenvalue weighted by molar-refractivity contribution is -0.135. The summed E-state index contributed by atoms with van der Waals surface area (Å²) in [5.41, 5.74) is 0. The first-order chi connectivity index (χ1) is 8.24. The molecule has 0 aromatic heterocycles. The molecule has 4 nitrogen and oxygen atoms in total. The molecule has 1 rings (SSSR count). The van der Waals surface area contributed by atoms with Gasteiger partial charge in [-0.3, -0.25) is 0 Å². The van der Waals surface area contributed by atoms with Crippen molar-refractivity contribution < 1.29 is 21.6 Å². The smallest absolute Gasteiger partial charge is 0.317 e. The van der Waals surface area contributed by atoms with Gasteiger partial charge in [-0.05, 0) is 31.8 Å². The molecule has 1 fully saturated rings. The van der Waals surface area contributed by atoms with Crippen molar-refractivity contribution in [1.29, 1.82) is 0 Å². The molecule has 0 unspecified atom stereocenters. The van der Waals surface area contributed by atoms with E-state index >= 15 is 0 Å². The number of hydrogen-bond donors (Lipinski definition) is 1. The van der Waals surface area contributed by atoms with Crippen LogP contribution in [-0.4, -0.2) is 50.8 Å². The zero-order valence-electron chi connectivity index (χ0n) is 10.3. The predicted molar refractivity (Wildman–Crippen MR) is 62.7 cm³/mol. The molecule has 0 radical (unpaired) electrons. The van der Waals surface area contributed by atoms with Crippen LogP contribution in [0.2, 0.25) is 0 Å². The highest BCUT2D eigenvalue weighted by Gasteiger charge is 2.36. The summed E-state index contributed by atoms with van der Waals surface area (Å²) < 4.78 is 61.2. The highest BCUT2D eigenvalue weighted by atomic mass is 32.2. The van der Waals surface area contributed by atoms with Gasteiger partial charge in [-0.15, -0.1) is 0 Å². The second kappa shape index (κ2) is 6.21. The number of alkyl halides is 3. The van der Waals surface area contributed by atoms with Gasteiger partial charge in [0, 0.05) is 6.54 Å². The van der Waals surface area contributed by atoms with E-state index in [1.165, 1.54) is 6.92 Å². The SMILES string of the molecule is CCN(CC(F)(F)F)S(=O)(=O)CC1CCNCC1. The Kier molecular flexibility index (Phi) is 5.42. The van der Waals surface area contributed by atoms with E-state index in [0.29, 0.717) is 17.1 Å². The van der Waals surface area contributed by atoms with Gasteiger partial charge >= 0.3 is 6.18 Å². The number of rotatable bonds is 5. The Hall–Kier alpha value is -0.340. The largest absolute Gasteiger partial charge is 0.402 e. The minimum atomic E-state index is -4.49. The second-order valence-electron chi connectivity index (χ2n) is 4.51. The molecule has 1 heterocycles. The molecule has 1 N–H and O–H groups in total. The highest BCUT2D eigenvalue weighted by Crippen LogP contribution is 2.21. The van der Waals surface area contributed by atoms with E-state index in [1.807, 2.05) is 0 Å². The maximum atomic E-state index is 12.3. The molecule has 8 heteroatoms. The van der Waals surface area contributed by atoms with E-state index in [2.05, 4.69) is 5.32 Å². The van der Waals surface area contributed by atoms with Crippen LogP contribution in [0.5, 0.6) is 0 Å². The number of nitrogens with zero attached hydrogens (tertiary/aromatic N) is 1.